The summed E-state index contributed by atoms with van der Waals surface area (Å²) in [5, 5.41) is 13.4. The van der Waals surface area contributed by atoms with Crippen LogP contribution in [0.2, 0.25) is 0 Å². The molecule has 9 heteroatoms. The van der Waals surface area contributed by atoms with Crippen LogP contribution in [-0.2, 0) is 11.3 Å². The van der Waals surface area contributed by atoms with Crippen molar-refractivity contribution in [3.8, 4) is 11.5 Å². The summed E-state index contributed by atoms with van der Waals surface area (Å²) in [6, 6.07) is 14.1. The average molecular weight is 409 g/mol. The van der Waals surface area contributed by atoms with E-state index in [4.69, 9.17) is 9.47 Å². The molecular weight excluding hydrogens is 386 g/mol. The molecule has 9 nitrogen and oxygen atoms in total. The lowest BCUT2D eigenvalue weighted by atomic mass is 10.2. The van der Waals surface area contributed by atoms with Crippen LogP contribution in [0.15, 0.2) is 48.5 Å². The largest absolute Gasteiger partial charge is 0.495 e. The molecule has 0 aliphatic carbocycles. The first-order valence-corrected chi connectivity index (χ1v) is 9.39. The Bertz CT molecular complexity index is 1030. The Labute approximate surface area is 174 Å². The van der Waals surface area contributed by atoms with Gasteiger partial charge in [-0.2, -0.15) is 0 Å². The molecule has 0 radical (unpaired) electrons. The number of para-hydroxylation sites is 2. The van der Waals surface area contributed by atoms with Gasteiger partial charge < -0.3 is 20.1 Å². The van der Waals surface area contributed by atoms with E-state index in [0.717, 1.165) is 5.75 Å². The van der Waals surface area contributed by atoms with E-state index in [1.54, 1.807) is 55.5 Å². The number of amides is 2. The first-order chi connectivity index (χ1) is 14.5. The molecule has 3 aromatic rings. The van der Waals surface area contributed by atoms with Crippen molar-refractivity contribution in [3.63, 3.8) is 0 Å². The fourth-order valence-electron chi connectivity index (χ4n) is 2.79. The lowest BCUT2D eigenvalue weighted by Crippen LogP contribution is -2.21. The Hall–Kier alpha value is -3.88. The third kappa shape index (κ3) is 4.93. The molecule has 0 bridgehead atoms. The molecule has 2 amide bonds. The second-order valence-electron chi connectivity index (χ2n) is 6.34. The van der Waals surface area contributed by atoms with E-state index in [0.29, 0.717) is 29.4 Å². The number of carbonyl (C=O) groups excluding carboxylic acids is 2. The molecule has 1 heterocycles. The van der Waals surface area contributed by atoms with Gasteiger partial charge >= 0.3 is 0 Å². The summed E-state index contributed by atoms with van der Waals surface area (Å²) in [5.74, 6) is 0.540. The second-order valence-corrected chi connectivity index (χ2v) is 6.34. The number of nitrogens with one attached hydrogen (secondary N) is 2. The smallest absolute Gasteiger partial charge is 0.278 e. The topological polar surface area (TPSA) is 107 Å². The van der Waals surface area contributed by atoms with Crippen molar-refractivity contribution in [1.29, 1.82) is 0 Å². The Balaban J connectivity index is 1.64. The molecule has 0 aliphatic heterocycles. The zero-order chi connectivity index (χ0) is 21.5. The molecule has 0 unspecified atom stereocenters. The van der Waals surface area contributed by atoms with Crippen LogP contribution in [0.1, 0.15) is 23.1 Å². The summed E-state index contributed by atoms with van der Waals surface area (Å²) in [5.41, 5.74) is 1.77. The zero-order valence-electron chi connectivity index (χ0n) is 17.0. The molecule has 2 N–H and O–H groups in total. The Kier molecular flexibility index (Phi) is 6.63. The molecule has 0 fully saturated rings. The zero-order valence-corrected chi connectivity index (χ0v) is 17.0. The standard InChI is InChI=1S/C21H23N5O4/c1-4-30-16-11-9-15(10-12-16)22-19(27)13-26-14(2)20(24-25-26)21(28)23-17-7-5-6-8-18(17)29-3/h5-12H,4,13H2,1-3H3,(H,22,27)(H,23,28). The van der Waals surface area contributed by atoms with E-state index in [-0.39, 0.29) is 18.1 Å². The van der Waals surface area contributed by atoms with Crippen molar-refractivity contribution in [1.82, 2.24) is 15.0 Å². The first-order valence-electron chi connectivity index (χ1n) is 9.39. The molecule has 3 rings (SSSR count). The summed E-state index contributed by atoms with van der Waals surface area (Å²) < 4.78 is 12.0. The fraction of sp³-hybridized carbons (Fsp3) is 0.238. The van der Waals surface area contributed by atoms with Gasteiger partial charge in [-0.1, -0.05) is 17.3 Å². The first kappa shape index (κ1) is 20.8. The van der Waals surface area contributed by atoms with E-state index in [1.165, 1.54) is 11.8 Å². The molecule has 2 aromatic carbocycles. The van der Waals surface area contributed by atoms with Crippen molar-refractivity contribution in [2.45, 2.75) is 20.4 Å². The van der Waals surface area contributed by atoms with Gasteiger partial charge in [-0.15, -0.1) is 5.10 Å². The molecule has 1 aromatic heterocycles. The SMILES string of the molecule is CCOc1ccc(NC(=O)Cn2nnc(C(=O)Nc3ccccc3OC)c2C)cc1. The predicted molar refractivity (Wildman–Crippen MR) is 112 cm³/mol. The second kappa shape index (κ2) is 9.55. The molecule has 30 heavy (non-hydrogen) atoms. The number of carbonyl (C=O) groups is 2. The molecule has 0 atom stereocenters. The van der Waals surface area contributed by atoms with Gasteiger partial charge in [0.05, 0.1) is 25.1 Å². The van der Waals surface area contributed by atoms with E-state index < -0.39 is 5.91 Å². The maximum absolute atomic E-state index is 12.6. The quantitative estimate of drug-likeness (QED) is 0.592. The van der Waals surface area contributed by atoms with Gasteiger partial charge in [0, 0.05) is 5.69 Å². The van der Waals surface area contributed by atoms with Crippen LogP contribution in [0, 0.1) is 6.92 Å². The summed E-state index contributed by atoms with van der Waals surface area (Å²) in [6.07, 6.45) is 0. The minimum absolute atomic E-state index is 0.0754. The van der Waals surface area contributed by atoms with E-state index in [9.17, 15) is 9.59 Å². The Morgan fingerprint density at radius 3 is 2.50 bits per heavy atom. The average Bonchev–Trinajstić information content (AvgIpc) is 3.10. The summed E-state index contributed by atoms with van der Waals surface area (Å²) in [7, 11) is 1.52. The number of ether oxygens (including phenoxy) is 2. The van der Waals surface area contributed by atoms with Gasteiger partial charge in [0.15, 0.2) is 5.69 Å². The monoisotopic (exact) mass is 409 g/mol. The molecular formula is C21H23N5O4. The highest BCUT2D eigenvalue weighted by Crippen LogP contribution is 2.23. The van der Waals surface area contributed by atoms with Gasteiger partial charge in [0.2, 0.25) is 5.91 Å². The summed E-state index contributed by atoms with van der Waals surface area (Å²) >= 11 is 0. The predicted octanol–water partition coefficient (Wildman–Crippen LogP) is 2.88. The lowest BCUT2D eigenvalue weighted by Gasteiger charge is -2.09. The molecule has 0 spiro atoms. The highest BCUT2D eigenvalue weighted by molar-refractivity contribution is 6.04. The number of hydrogen-bond acceptors (Lipinski definition) is 6. The van der Waals surface area contributed by atoms with Crippen LogP contribution in [0.4, 0.5) is 11.4 Å². The Morgan fingerprint density at radius 1 is 1.07 bits per heavy atom. The van der Waals surface area contributed by atoms with Crippen LogP contribution in [0.5, 0.6) is 11.5 Å². The van der Waals surface area contributed by atoms with Crippen LogP contribution in [0.25, 0.3) is 0 Å². The van der Waals surface area contributed by atoms with Crippen LogP contribution in [0.3, 0.4) is 0 Å². The number of methoxy groups -OCH3 is 1. The molecule has 0 saturated heterocycles. The highest BCUT2D eigenvalue weighted by atomic mass is 16.5. The van der Waals surface area contributed by atoms with Gasteiger partial charge in [-0.25, -0.2) is 4.68 Å². The van der Waals surface area contributed by atoms with Crippen molar-refractivity contribution in [2.24, 2.45) is 0 Å². The minimum Gasteiger partial charge on any atom is -0.495 e. The molecule has 0 saturated carbocycles. The number of nitrogens with zero attached hydrogens (tertiary/aromatic N) is 3. The third-order valence-electron chi connectivity index (χ3n) is 4.30. The highest BCUT2D eigenvalue weighted by Gasteiger charge is 2.19. The number of benzene rings is 2. The normalized spacial score (nSPS) is 10.4. The molecule has 0 aliphatic rings. The van der Waals surface area contributed by atoms with E-state index in [2.05, 4.69) is 20.9 Å². The van der Waals surface area contributed by atoms with Crippen molar-refractivity contribution in [3.05, 3.63) is 59.9 Å². The van der Waals surface area contributed by atoms with Crippen molar-refractivity contribution >= 4 is 23.2 Å². The van der Waals surface area contributed by atoms with E-state index >= 15 is 0 Å². The minimum atomic E-state index is -0.435. The number of rotatable bonds is 8. The Morgan fingerprint density at radius 2 is 1.80 bits per heavy atom. The summed E-state index contributed by atoms with van der Waals surface area (Å²) in [6.45, 7) is 4.08. The number of aromatic nitrogens is 3. The maximum atomic E-state index is 12.6. The fourth-order valence-corrected chi connectivity index (χ4v) is 2.79. The van der Waals surface area contributed by atoms with Crippen LogP contribution in [-0.4, -0.2) is 40.5 Å². The number of hydrogen-bond donors (Lipinski definition) is 2. The van der Waals surface area contributed by atoms with E-state index in [1.807, 2.05) is 6.92 Å². The lowest BCUT2D eigenvalue weighted by molar-refractivity contribution is -0.117. The molecule has 156 valence electrons. The van der Waals surface area contributed by atoms with Gasteiger partial charge in [0.25, 0.3) is 5.91 Å². The van der Waals surface area contributed by atoms with Crippen LogP contribution >= 0.6 is 0 Å². The van der Waals surface area contributed by atoms with Gasteiger partial charge in [0.1, 0.15) is 18.0 Å². The van der Waals surface area contributed by atoms with Crippen LogP contribution < -0.4 is 20.1 Å². The van der Waals surface area contributed by atoms with Gasteiger partial charge in [-0.05, 0) is 50.2 Å². The van der Waals surface area contributed by atoms with Crippen molar-refractivity contribution < 1.29 is 19.1 Å². The maximum Gasteiger partial charge on any atom is 0.278 e. The number of anilines is 2. The third-order valence-corrected chi connectivity index (χ3v) is 4.30. The van der Waals surface area contributed by atoms with Gasteiger partial charge in [-0.3, -0.25) is 9.59 Å². The van der Waals surface area contributed by atoms with Crippen molar-refractivity contribution in [2.75, 3.05) is 24.4 Å². The summed E-state index contributed by atoms with van der Waals surface area (Å²) in [4.78, 5) is 24.9.